The van der Waals surface area contributed by atoms with Crippen LogP contribution in [0.1, 0.15) is 19.7 Å². The molecule has 0 bridgehead atoms. The van der Waals surface area contributed by atoms with Crippen molar-refractivity contribution in [2.45, 2.75) is 26.8 Å². The fourth-order valence-electron chi connectivity index (χ4n) is 2.06. The maximum absolute atomic E-state index is 4.50. The van der Waals surface area contributed by atoms with E-state index >= 15 is 0 Å². The molecule has 1 aromatic heterocycles. The largest absolute Gasteiger partial charge is 0.365 e. The summed E-state index contributed by atoms with van der Waals surface area (Å²) in [6.07, 6.45) is 0. The highest BCUT2D eigenvalue weighted by atomic mass is 15.2. The van der Waals surface area contributed by atoms with Gasteiger partial charge in [0.2, 0.25) is 0 Å². The van der Waals surface area contributed by atoms with Crippen molar-refractivity contribution in [2.24, 2.45) is 5.92 Å². The summed E-state index contributed by atoms with van der Waals surface area (Å²) >= 11 is 0. The molecular weight excluding hydrogens is 226 g/mol. The first-order valence-corrected chi connectivity index (χ1v) is 6.58. The van der Waals surface area contributed by atoms with Crippen LogP contribution in [-0.4, -0.2) is 42.7 Å². The third-order valence-electron chi connectivity index (χ3n) is 2.99. The number of anilines is 2. The summed E-state index contributed by atoms with van der Waals surface area (Å²) in [6, 6.07) is 2.54. The Balaban J connectivity index is 2.09. The van der Waals surface area contributed by atoms with Crippen molar-refractivity contribution in [1.82, 2.24) is 15.3 Å². The van der Waals surface area contributed by atoms with E-state index in [1.54, 1.807) is 0 Å². The zero-order valence-electron chi connectivity index (χ0n) is 11.7. The second-order valence-electron chi connectivity index (χ2n) is 5.43. The average molecular weight is 249 g/mol. The number of aryl methyl sites for hydroxylation is 1. The maximum Gasteiger partial charge on any atom is 0.134 e. The van der Waals surface area contributed by atoms with Gasteiger partial charge in [-0.15, -0.1) is 0 Å². The normalized spacial score (nSPS) is 15.6. The first-order chi connectivity index (χ1) is 8.54. The van der Waals surface area contributed by atoms with Crippen LogP contribution in [0, 0.1) is 12.8 Å². The number of hydrogen-bond donors (Lipinski definition) is 2. The minimum Gasteiger partial charge on any atom is -0.365 e. The topological polar surface area (TPSA) is 53.1 Å². The summed E-state index contributed by atoms with van der Waals surface area (Å²) in [5, 5.41) is 6.67. The third kappa shape index (κ3) is 3.32. The molecule has 0 unspecified atom stereocenters. The first-order valence-electron chi connectivity index (χ1n) is 6.58. The average Bonchev–Trinajstić information content (AvgIpc) is 2.22. The summed E-state index contributed by atoms with van der Waals surface area (Å²) in [6.45, 7) is 9.39. The van der Waals surface area contributed by atoms with Crippen LogP contribution in [0.3, 0.4) is 0 Å². The van der Waals surface area contributed by atoms with Crippen LogP contribution in [0.5, 0.6) is 0 Å². The van der Waals surface area contributed by atoms with E-state index < -0.39 is 0 Å². The van der Waals surface area contributed by atoms with Crippen molar-refractivity contribution in [3.63, 3.8) is 0 Å². The summed E-state index contributed by atoms with van der Waals surface area (Å²) in [5.74, 6) is 3.36. The molecule has 5 nitrogen and oxygen atoms in total. The molecule has 1 aliphatic rings. The van der Waals surface area contributed by atoms with E-state index in [2.05, 4.69) is 46.4 Å². The summed E-state index contributed by atoms with van der Waals surface area (Å²) in [7, 11) is 2.08. The lowest BCUT2D eigenvalue weighted by molar-refractivity contribution is 0.471. The van der Waals surface area contributed by atoms with E-state index in [0.29, 0.717) is 12.0 Å². The number of rotatable bonds is 5. The molecule has 0 aliphatic carbocycles. The molecule has 0 radical (unpaired) electrons. The van der Waals surface area contributed by atoms with Crippen molar-refractivity contribution in [2.75, 3.05) is 36.9 Å². The molecule has 2 rings (SSSR count). The standard InChI is InChI=1S/C13H23N5/c1-9(2)8-18(4)13-5-12(15-10(3)16-13)17-11-6-14-7-11/h5,9,11,14H,6-8H2,1-4H3,(H,15,16,17). The molecule has 1 aliphatic heterocycles. The molecule has 0 saturated carbocycles. The molecule has 0 aromatic carbocycles. The first kappa shape index (κ1) is 13.1. The highest BCUT2D eigenvalue weighted by Gasteiger charge is 2.17. The van der Waals surface area contributed by atoms with Crippen LogP contribution in [0.2, 0.25) is 0 Å². The van der Waals surface area contributed by atoms with Gasteiger partial charge >= 0.3 is 0 Å². The monoisotopic (exact) mass is 249 g/mol. The third-order valence-corrected chi connectivity index (χ3v) is 2.99. The molecule has 100 valence electrons. The Morgan fingerprint density at radius 2 is 2.17 bits per heavy atom. The zero-order valence-corrected chi connectivity index (χ0v) is 11.7. The van der Waals surface area contributed by atoms with E-state index in [4.69, 9.17) is 0 Å². The number of hydrogen-bond acceptors (Lipinski definition) is 5. The van der Waals surface area contributed by atoms with Gasteiger partial charge in [-0.25, -0.2) is 9.97 Å². The molecule has 1 saturated heterocycles. The van der Waals surface area contributed by atoms with Crippen LogP contribution in [0.15, 0.2) is 6.07 Å². The lowest BCUT2D eigenvalue weighted by Crippen LogP contribution is -2.51. The molecule has 0 spiro atoms. The Morgan fingerprint density at radius 1 is 1.44 bits per heavy atom. The molecule has 0 atom stereocenters. The fraction of sp³-hybridized carbons (Fsp3) is 0.692. The quantitative estimate of drug-likeness (QED) is 0.823. The van der Waals surface area contributed by atoms with Gasteiger partial charge in [0.15, 0.2) is 0 Å². The minimum absolute atomic E-state index is 0.502. The molecule has 2 N–H and O–H groups in total. The van der Waals surface area contributed by atoms with Crippen LogP contribution in [-0.2, 0) is 0 Å². The van der Waals surface area contributed by atoms with Crippen LogP contribution in [0.4, 0.5) is 11.6 Å². The Morgan fingerprint density at radius 3 is 2.72 bits per heavy atom. The molecular formula is C13H23N5. The van der Waals surface area contributed by atoms with Gasteiger partial charge in [0.25, 0.3) is 0 Å². The molecule has 1 aromatic rings. The van der Waals surface area contributed by atoms with Crippen LogP contribution < -0.4 is 15.5 Å². The van der Waals surface area contributed by atoms with Crippen molar-refractivity contribution >= 4 is 11.6 Å². The maximum atomic E-state index is 4.50. The van der Waals surface area contributed by atoms with E-state index in [-0.39, 0.29) is 0 Å². The van der Waals surface area contributed by atoms with Crippen LogP contribution in [0.25, 0.3) is 0 Å². The minimum atomic E-state index is 0.502. The van der Waals surface area contributed by atoms with Gasteiger partial charge in [0, 0.05) is 32.7 Å². The zero-order chi connectivity index (χ0) is 13.1. The van der Waals surface area contributed by atoms with E-state index in [1.165, 1.54) is 0 Å². The van der Waals surface area contributed by atoms with Gasteiger partial charge in [0.05, 0.1) is 6.04 Å². The molecule has 5 heteroatoms. The predicted octanol–water partition coefficient (Wildman–Crippen LogP) is 1.26. The number of aromatic nitrogens is 2. The SMILES string of the molecule is Cc1nc(NC2CNC2)cc(N(C)CC(C)C)n1. The molecule has 2 heterocycles. The second-order valence-corrected chi connectivity index (χ2v) is 5.43. The Labute approximate surface area is 109 Å². The number of nitrogens with one attached hydrogen (secondary N) is 2. The van der Waals surface area contributed by atoms with Gasteiger partial charge in [-0.05, 0) is 12.8 Å². The molecule has 18 heavy (non-hydrogen) atoms. The fourth-order valence-corrected chi connectivity index (χ4v) is 2.06. The van der Waals surface area contributed by atoms with Gasteiger partial charge in [0.1, 0.15) is 17.5 Å². The highest BCUT2D eigenvalue weighted by Crippen LogP contribution is 2.17. The summed E-state index contributed by atoms with van der Waals surface area (Å²) < 4.78 is 0. The van der Waals surface area contributed by atoms with Crippen molar-refractivity contribution in [3.8, 4) is 0 Å². The Kier molecular flexibility index (Phi) is 4.01. The van der Waals surface area contributed by atoms with Gasteiger partial charge in [-0.2, -0.15) is 0 Å². The smallest absolute Gasteiger partial charge is 0.134 e. The Hall–Kier alpha value is -1.36. The predicted molar refractivity (Wildman–Crippen MR) is 75.2 cm³/mol. The van der Waals surface area contributed by atoms with Gasteiger partial charge < -0.3 is 15.5 Å². The molecule has 1 fully saturated rings. The van der Waals surface area contributed by atoms with E-state index in [0.717, 1.165) is 37.1 Å². The van der Waals surface area contributed by atoms with E-state index in [1.807, 2.05) is 13.0 Å². The lowest BCUT2D eigenvalue weighted by Gasteiger charge is -2.29. The van der Waals surface area contributed by atoms with E-state index in [9.17, 15) is 0 Å². The van der Waals surface area contributed by atoms with Crippen molar-refractivity contribution in [1.29, 1.82) is 0 Å². The highest BCUT2D eigenvalue weighted by molar-refractivity contribution is 5.49. The lowest BCUT2D eigenvalue weighted by atomic mass is 10.2. The second kappa shape index (κ2) is 5.52. The van der Waals surface area contributed by atoms with Gasteiger partial charge in [-0.3, -0.25) is 0 Å². The van der Waals surface area contributed by atoms with Crippen molar-refractivity contribution < 1.29 is 0 Å². The molecule has 0 amide bonds. The summed E-state index contributed by atoms with van der Waals surface area (Å²) in [4.78, 5) is 11.1. The number of nitrogens with zero attached hydrogens (tertiary/aromatic N) is 3. The van der Waals surface area contributed by atoms with Crippen LogP contribution >= 0.6 is 0 Å². The summed E-state index contributed by atoms with van der Waals surface area (Å²) in [5.41, 5.74) is 0. The van der Waals surface area contributed by atoms with Crippen molar-refractivity contribution in [3.05, 3.63) is 11.9 Å². The Bertz CT molecular complexity index is 400. The van der Waals surface area contributed by atoms with Gasteiger partial charge in [-0.1, -0.05) is 13.8 Å².